The second-order valence-electron chi connectivity index (χ2n) is 18.1. The van der Waals surface area contributed by atoms with E-state index in [0.717, 1.165) is 25.7 Å². The largest absolute Gasteiger partial charge is 0.469 e. The Bertz CT molecular complexity index is 1230. The van der Waals surface area contributed by atoms with Crippen LogP contribution in [-0.2, 0) is 38.1 Å². The summed E-state index contributed by atoms with van der Waals surface area (Å²) in [5, 5.41) is 0. The van der Waals surface area contributed by atoms with Crippen LogP contribution in [0.15, 0.2) is 0 Å². The summed E-state index contributed by atoms with van der Waals surface area (Å²) in [5.41, 5.74) is 0.574. The Hall–Kier alpha value is -2.12. The molecule has 8 heteroatoms. The molecule has 0 aromatic heterocycles. The van der Waals surface area contributed by atoms with Crippen LogP contribution in [0.3, 0.4) is 0 Å². The molecule has 0 aliphatic heterocycles. The van der Waals surface area contributed by atoms with Crippen LogP contribution < -0.4 is 0 Å². The molecule has 0 aromatic carbocycles. The highest BCUT2D eigenvalue weighted by Crippen LogP contribution is 2.96. The van der Waals surface area contributed by atoms with Gasteiger partial charge in [0, 0.05) is 0 Å². The Kier molecular flexibility index (Phi) is 5.59. The Morgan fingerprint density at radius 2 is 0.630 bits per heavy atom. The molecule has 12 aliphatic rings. The Labute approximate surface area is 271 Å². The van der Waals surface area contributed by atoms with Gasteiger partial charge in [0.2, 0.25) is 0 Å². The maximum absolute atomic E-state index is 13.3. The molecule has 0 aromatic rings. The van der Waals surface area contributed by atoms with Gasteiger partial charge in [0.25, 0.3) is 0 Å². The minimum Gasteiger partial charge on any atom is -0.469 e. The predicted octanol–water partition coefficient (Wildman–Crippen LogP) is 4.49. The summed E-state index contributed by atoms with van der Waals surface area (Å²) in [4.78, 5) is 53.2. The van der Waals surface area contributed by atoms with Crippen molar-refractivity contribution in [3.05, 3.63) is 0 Å². The zero-order chi connectivity index (χ0) is 31.9. The number of carbonyl (C=O) groups is 4. The van der Waals surface area contributed by atoms with Crippen molar-refractivity contribution in [3.63, 3.8) is 0 Å². The van der Waals surface area contributed by atoms with Gasteiger partial charge < -0.3 is 18.9 Å². The van der Waals surface area contributed by atoms with E-state index in [2.05, 4.69) is 13.8 Å². The molecule has 0 spiro atoms. The molecule has 4 unspecified atom stereocenters. The number of hydrogen-bond donors (Lipinski definition) is 0. The minimum absolute atomic E-state index is 0.211. The van der Waals surface area contributed by atoms with Crippen LogP contribution in [0.5, 0.6) is 0 Å². The molecular formula is C38H50O8. The number of rotatable bonds is 4. The number of hydrogen-bond acceptors (Lipinski definition) is 8. The van der Waals surface area contributed by atoms with Crippen LogP contribution in [0, 0.1) is 129 Å². The molecule has 250 valence electrons. The molecule has 0 saturated heterocycles. The van der Waals surface area contributed by atoms with Gasteiger partial charge in [-0.15, -0.1) is 0 Å². The molecule has 8 bridgehead atoms. The zero-order valence-electron chi connectivity index (χ0n) is 28.1. The first-order chi connectivity index (χ1) is 22.1. The quantitative estimate of drug-likeness (QED) is 0.329. The summed E-state index contributed by atoms with van der Waals surface area (Å²) in [5.74, 6) is 5.82. The average molecular weight is 635 g/mol. The summed E-state index contributed by atoms with van der Waals surface area (Å²) >= 11 is 0. The lowest BCUT2D eigenvalue weighted by Gasteiger charge is -2.86. The smallest absolute Gasteiger partial charge is 0.309 e. The molecule has 0 radical (unpaired) electrons. The Morgan fingerprint density at radius 1 is 0.413 bits per heavy atom. The fraction of sp³-hybridized carbons (Fsp3) is 0.895. The van der Waals surface area contributed by atoms with E-state index in [1.807, 2.05) is 0 Å². The number of esters is 4. The van der Waals surface area contributed by atoms with Gasteiger partial charge in [0.1, 0.15) is 0 Å². The van der Waals surface area contributed by atoms with Crippen LogP contribution >= 0.6 is 0 Å². The molecular weight excluding hydrogens is 584 g/mol. The van der Waals surface area contributed by atoms with E-state index in [9.17, 15) is 19.2 Å². The second kappa shape index (κ2) is 8.91. The molecule has 12 rings (SSSR count). The molecule has 8 nitrogen and oxygen atoms in total. The van der Waals surface area contributed by atoms with E-state index in [1.165, 1.54) is 41.3 Å². The highest BCUT2D eigenvalue weighted by atomic mass is 16.5. The number of fused-ring (bicyclic) bond motifs is 19. The fourth-order valence-electron chi connectivity index (χ4n) is 18.5. The van der Waals surface area contributed by atoms with Gasteiger partial charge in [-0.2, -0.15) is 0 Å². The molecule has 12 fully saturated rings. The normalized spacial score (nSPS) is 61.3. The van der Waals surface area contributed by atoms with Gasteiger partial charge >= 0.3 is 23.9 Å². The zero-order valence-corrected chi connectivity index (χ0v) is 28.1. The Morgan fingerprint density at radius 3 is 0.826 bits per heavy atom. The SMILES string of the molecule is COC(=O)C1C(C(=O)OC)[C@@H]2CC[C@H]1[C@H]1[C@H]3C[C@@H]([C@H]12)[C@H]1[C@@H]3C2(C)[C@H]3[C@H]4C[C@H]([C@@H]5[C@@H]6CC[C@@H]([C@@H](C(=O)OC)[C@@H]6C(=O)OC)[C@H]45)[C@H]3C12C. The monoisotopic (exact) mass is 634 g/mol. The summed E-state index contributed by atoms with van der Waals surface area (Å²) in [7, 11) is 5.88. The molecule has 46 heavy (non-hydrogen) atoms. The number of carbonyl (C=O) groups excluding carboxylic acids is 4. The first-order valence-corrected chi connectivity index (χ1v) is 18.4. The van der Waals surface area contributed by atoms with Crippen molar-refractivity contribution < 1.29 is 38.1 Å². The van der Waals surface area contributed by atoms with E-state index in [-0.39, 0.29) is 82.1 Å². The van der Waals surface area contributed by atoms with E-state index in [0.29, 0.717) is 71.0 Å². The van der Waals surface area contributed by atoms with Crippen molar-refractivity contribution in [2.45, 2.75) is 52.4 Å². The molecule has 0 amide bonds. The third kappa shape index (κ3) is 2.70. The van der Waals surface area contributed by atoms with Gasteiger partial charge in [-0.25, -0.2) is 0 Å². The van der Waals surface area contributed by atoms with Crippen molar-refractivity contribution in [1.82, 2.24) is 0 Å². The molecule has 12 aliphatic carbocycles. The third-order valence-corrected chi connectivity index (χ3v) is 18.7. The van der Waals surface area contributed by atoms with Gasteiger partial charge in [-0.05, 0) is 144 Å². The lowest BCUT2D eigenvalue weighted by Crippen LogP contribution is -2.83. The predicted molar refractivity (Wildman–Crippen MR) is 162 cm³/mol. The second-order valence-corrected chi connectivity index (χ2v) is 18.1. The fourth-order valence-corrected chi connectivity index (χ4v) is 18.5. The summed E-state index contributed by atoms with van der Waals surface area (Å²) in [6, 6.07) is 0. The molecule has 22 atom stereocenters. The van der Waals surface area contributed by atoms with Crippen LogP contribution in [-0.4, -0.2) is 52.3 Å². The van der Waals surface area contributed by atoms with Crippen molar-refractivity contribution in [2.75, 3.05) is 28.4 Å². The number of ether oxygens (including phenoxy) is 4. The molecule has 0 heterocycles. The van der Waals surface area contributed by atoms with Crippen LogP contribution in [0.25, 0.3) is 0 Å². The first-order valence-electron chi connectivity index (χ1n) is 18.4. The third-order valence-electron chi connectivity index (χ3n) is 18.7. The summed E-state index contributed by atoms with van der Waals surface area (Å²) in [6.07, 6.45) is 6.60. The van der Waals surface area contributed by atoms with E-state index in [1.54, 1.807) is 0 Å². The van der Waals surface area contributed by atoms with Gasteiger partial charge in [-0.1, -0.05) is 13.8 Å². The van der Waals surface area contributed by atoms with Crippen molar-refractivity contribution >= 4 is 23.9 Å². The summed E-state index contributed by atoms with van der Waals surface area (Å²) in [6.45, 7) is 5.29. The van der Waals surface area contributed by atoms with E-state index >= 15 is 0 Å². The van der Waals surface area contributed by atoms with Crippen LogP contribution in [0.4, 0.5) is 0 Å². The number of methoxy groups -OCH3 is 4. The molecule has 0 N–H and O–H groups in total. The maximum Gasteiger partial charge on any atom is 0.309 e. The van der Waals surface area contributed by atoms with Gasteiger partial charge in [0.15, 0.2) is 0 Å². The van der Waals surface area contributed by atoms with Gasteiger partial charge in [0.05, 0.1) is 52.1 Å². The van der Waals surface area contributed by atoms with Crippen LogP contribution in [0.1, 0.15) is 52.4 Å². The average Bonchev–Trinajstić information content (AvgIpc) is 3.87. The van der Waals surface area contributed by atoms with E-state index in [4.69, 9.17) is 18.9 Å². The highest BCUT2D eigenvalue weighted by molar-refractivity contribution is 5.84. The van der Waals surface area contributed by atoms with Gasteiger partial charge in [-0.3, -0.25) is 19.2 Å². The van der Waals surface area contributed by atoms with Crippen molar-refractivity contribution in [3.8, 4) is 0 Å². The minimum atomic E-state index is -0.372. The lowest BCUT2D eigenvalue weighted by atomic mass is 9.17. The Balaban J connectivity index is 1.01. The van der Waals surface area contributed by atoms with Crippen molar-refractivity contribution in [1.29, 1.82) is 0 Å². The maximum atomic E-state index is 13.3. The van der Waals surface area contributed by atoms with E-state index < -0.39 is 0 Å². The molecule has 12 saturated carbocycles. The van der Waals surface area contributed by atoms with Crippen LogP contribution in [0.2, 0.25) is 0 Å². The summed E-state index contributed by atoms with van der Waals surface area (Å²) < 4.78 is 21.4. The standard InChI is InChI=1S/C38H50O8/c1-37-29-17-11-19(23-15-9-7-13(21(17)23)25(33(39)43-3)27(15)35(41)45-5)31(29)38(37,2)32-20-12-18(30(32)37)22-14-8-10-16(24(20)22)28(36(42)46-6)26(14)34(40)44-4/h13-32H,7-12H2,1-6H3/t13-,14+,15+,16-,17+,18-,19-,20+,21-,22+,23+,24-,25-,26?,27-,28?,29+,30-,31-,32+,37?,38?/m1/s1. The lowest BCUT2D eigenvalue weighted by molar-refractivity contribution is -0.401. The topological polar surface area (TPSA) is 105 Å². The highest BCUT2D eigenvalue weighted by Gasteiger charge is 2.92. The van der Waals surface area contributed by atoms with Crippen molar-refractivity contribution in [2.24, 2.45) is 129 Å². The first kappa shape index (κ1) is 28.9.